The molecule has 3 aromatic rings. The van der Waals surface area contributed by atoms with Crippen LogP contribution in [0.15, 0.2) is 48.5 Å². The van der Waals surface area contributed by atoms with Crippen molar-refractivity contribution in [3.05, 3.63) is 65.5 Å². The van der Waals surface area contributed by atoms with Crippen molar-refractivity contribution in [1.29, 1.82) is 0 Å². The number of Topliss-reactive ketones (excluding diaryl/α,β-unsaturated/α-hetero) is 2. The highest BCUT2D eigenvalue weighted by atomic mass is 16.2. The predicted octanol–water partition coefficient (Wildman–Crippen LogP) is 1.80. The molecule has 0 amide bonds. The summed E-state index contributed by atoms with van der Waals surface area (Å²) in [5.74, 6) is -0.640. The first-order valence-electron chi connectivity index (χ1n) is 6.55. The molecule has 0 saturated carbocycles. The van der Waals surface area contributed by atoms with Crippen LogP contribution >= 0.6 is 0 Å². The third-order valence-corrected chi connectivity index (χ3v) is 3.90. The topological polar surface area (TPSA) is 88.8 Å². The molecule has 5 nitrogen and oxygen atoms in total. The van der Waals surface area contributed by atoms with Crippen molar-refractivity contribution in [2.24, 2.45) is 5.73 Å². The molecule has 1 heterocycles. The van der Waals surface area contributed by atoms with Crippen LogP contribution in [0, 0.1) is 0 Å². The summed E-state index contributed by atoms with van der Waals surface area (Å²) in [7, 11) is 0. The monoisotopic (exact) mass is 277 g/mol. The van der Waals surface area contributed by atoms with E-state index >= 15 is 0 Å². The van der Waals surface area contributed by atoms with Crippen LogP contribution in [0.4, 0.5) is 0 Å². The number of nitrogens with one attached hydrogen (secondary N) is 1. The van der Waals surface area contributed by atoms with Crippen molar-refractivity contribution >= 4 is 22.6 Å². The van der Waals surface area contributed by atoms with E-state index in [-0.39, 0.29) is 5.82 Å². The lowest BCUT2D eigenvalue weighted by molar-refractivity contribution is 0.0792. The van der Waals surface area contributed by atoms with Crippen molar-refractivity contribution in [2.75, 3.05) is 0 Å². The Labute approximate surface area is 119 Å². The number of para-hydroxylation sites is 2. The summed E-state index contributed by atoms with van der Waals surface area (Å²) in [5, 5.41) is 0. The number of benzene rings is 2. The Hall–Kier alpha value is -2.79. The standard InChI is InChI=1S/C16H11N3O2/c17-16(15-18-11-7-3-4-8-12(11)19-15)13(20)9-5-1-2-6-10(9)14(16)21/h1-8H,17H2,(H,18,19). The maximum absolute atomic E-state index is 12.6. The number of imidazole rings is 1. The van der Waals surface area contributed by atoms with Gasteiger partial charge in [0.2, 0.25) is 5.54 Å². The molecule has 102 valence electrons. The molecule has 5 heteroatoms. The number of ketones is 2. The van der Waals surface area contributed by atoms with Crippen LogP contribution in [0.1, 0.15) is 26.5 Å². The molecule has 1 aromatic heterocycles. The molecule has 0 saturated heterocycles. The van der Waals surface area contributed by atoms with E-state index in [9.17, 15) is 9.59 Å². The quantitative estimate of drug-likeness (QED) is 0.664. The normalized spacial score (nSPS) is 16.4. The van der Waals surface area contributed by atoms with Gasteiger partial charge < -0.3 is 10.7 Å². The van der Waals surface area contributed by atoms with Crippen molar-refractivity contribution in [2.45, 2.75) is 5.54 Å². The molecule has 0 spiro atoms. The second-order valence-corrected chi connectivity index (χ2v) is 5.11. The van der Waals surface area contributed by atoms with Crippen LogP contribution in [-0.2, 0) is 5.54 Å². The van der Waals surface area contributed by atoms with Crippen molar-refractivity contribution < 1.29 is 9.59 Å². The number of H-pyrrole nitrogens is 1. The van der Waals surface area contributed by atoms with Gasteiger partial charge in [0.05, 0.1) is 11.0 Å². The summed E-state index contributed by atoms with van der Waals surface area (Å²) < 4.78 is 0. The van der Waals surface area contributed by atoms with E-state index in [1.165, 1.54) is 0 Å². The Morgan fingerprint density at radius 1 is 0.905 bits per heavy atom. The maximum atomic E-state index is 12.6. The number of carbonyl (C=O) groups is 2. The van der Waals surface area contributed by atoms with Gasteiger partial charge in [-0.15, -0.1) is 0 Å². The first-order valence-corrected chi connectivity index (χ1v) is 6.55. The first kappa shape index (κ1) is 12.0. The zero-order valence-electron chi connectivity index (χ0n) is 11.0. The van der Waals surface area contributed by atoms with Crippen LogP contribution in [0.3, 0.4) is 0 Å². The predicted molar refractivity (Wildman–Crippen MR) is 77.1 cm³/mol. The molecule has 0 atom stereocenters. The number of fused-ring (bicyclic) bond motifs is 2. The minimum Gasteiger partial charge on any atom is -0.340 e. The highest BCUT2D eigenvalue weighted by Gasteiger charge is 2.53. The number of rotatable bonds is 1. The molecule has 1 aliphatic carbocycles. The minimum atomic E-state index is -1.76. The van der Waals surface area contributed by atoms with Gasteiger partial charge in [0.1, 0.15) is 5.82 Å². The molecule has 0 bridgehead atoms. The summed E-state index contributed by atoms with van der Waals surface area (Å²) in [6.45, 7) is 0. The summed E-state index contributed by atoms with van der Waals surface area (Å²) in [6.07, 6.45) is 0. The molecular formula is C16H11N3O2. The maximum Gasteiger partial charge on any atom is 0.202 e. The third kappa shape index (κ3) is 1.41. The largest absolute Gasteiger partial charge is 0.340 e. The number of nitrogens with zero attached hydrogens (tertiary/aromatic N) is 1. The number of aromatic amines is 1. The van der Waals surface area contributed by atoms with Crippen LogP contribution in [0.2, 0.25) is 0 Å². The second-order valence-electron chi connectivity index (χ2n) is 5.11. The molecule has 0 fully saturated rings. The minimum absolute atomic E-state index is 0.190. The summed E-state index contributed by atoms with van der Waals surface area (Å²) in [4.78, 5) is 32.5. The van der Waals surface area contributed by atoms with Gasteiger partial charge in [-0.05, 0) is 12.1 Å². The van der Waals surface area contributed by atoms with Crippen LogP contribution in [0.5, 0.6) is 0 Å². The summed E-state index contributed by atoms with van der Waals surface area (Å²) >= 11 is 0. The van der Waals surface area contributed by atoms with E-state index in [0.29, 0.717) is 16.6 Å². The average molecular weight is 277 g/mol. The molecule has 4 rings (SSSR count). The molecule has 21 heavy (non-hydrogen) atoms. The highest BCUT2D eigenvalue weighted by Crippen LogP contribution is 2.35. The van der Waals surface area contributed by atoms with E-state index in [2.05, 4.69) is 9.97 Å². The van der Waals surface area contributed by atoms with Crippen molar-refractivity contribution in [1.82, 2.24) is 9.97 Å². The SMILES string of the molecule is NC1(c2nc3ccccc3[nH]2)C(=O)c2ccccc2C1=O. The summed E-state index contributed by atoms with van der Waals surface area (Å²) in [5.41, 5.74) is 6.55. The molecular weight excluding hydrogens is 266 g/mol. The molecule has 3 N–H and O–H groups in total. The average Bonchev–Trinajstić information content (AvgIpc) is 3.03. The van der Waals surface area contributed by atoms with Crippen molar-refractivity contribution in [3.63, 3.8) is 0 Å². The Bertz CT molecular complexity index is 843. The van der Waals surface area contributed by atoms with Gasteiger partial charge in [0.15, 0.2) is 11.6 Å². The molecule has 0 unspecified atom stereocenters. The fourth-order valence-corrected chi connectivity index (χ4v) is 2.76. The van der Waals surface area contributed by atoms with Gasteiger partial charge in [-0.25, -0.2) is 4.98 Å². The number of hydrogen-bond acceptors (Lipinski definition) is 4. The van der Waals surface area contributed by atoms with Gasteiger partial charge in [-0.3, -0.25) is 9.59 Å². The Morgan fingerprint density at radius 3 is 2.10 bits per heavy atom. The summed E-state index contributed by atoms with van der Waals surface area (Å²) in [6, 6.07) is 14.0. The molecule has 1 aliphatic rings. The first-order chi connectivity index (χ1) is 10.1. The number of carbonyl (C=O) groups excluding carboxylic acids is 2. The number of aromatic nitrogens is 2. The third-order valence-electron chi connectivity index (χ3n) is 3.90. The van der Waals surface area contributed by atoms with Gasteiger partial charge in [-0.1, -0.05) is 36.4 Å². The molecule has 0 radical (unpaired) electrons. The number of nitrogens with two attached hydrogens (primary N) is 1. The Balaban J connectivity index is 1.96. The van der Waals surface area contributed by atoms with Gasteiger partial charge >= 0.3 is 0 Å². The van der Waals surface area contributed by atoms with E-state index in [4.69, 9.17) is 5.73 Å². The fraction of sp³-hybridized carbons (Fsp3) is 0.0625. The zero-order chi connectivity index (χ0) is 14.6. The van der Waals surface area contributed by atoms with E-state index in [0.717, 1.165) is 5.52 Å². The Morgan fingerprint density at radius 2 is 1.48 bits per heavy atom. The molecule has 2 aromatic carbocycles. The van der Waals surface area contributed by atoms with Crippen LogP contribution < -0.4 is 5.73 Å². The second kappa shape index (κ2) is 3.86. The van der Waals surface area contributed by atoms with Crippen LogP contribution in [0.25, 0.3) is 11.0 Å². The number of hydrogen-bond donors (Lipinski definition) is 2. The van der Waals surface area contributed by atoms with Gasteiger partial charge in [0, 0.05) is 11.1 Å². The lowest BCUT2D eigenvalue weighted by atomic mass is 9.94. The highest BCUT2D eigenvalue weighted by molar-refractivity contribution is 6.32. The van der Waals surface area contributed by atoms with Crippen molar-refractivity contribution in [3.8, 4) is 0 Å². The molecule has 0 aliphatic heterocycles. The van der Waals surface area contributed by atoms with Gasteiger partial charge in [-0.2, -0.15) is 0 Å². The zero-order valence-corrected chi connectivity index (χ0v) is 11.0. The lowest BCUT2D eigenvalue weighted by Crippen LogP contribution is -2.48. The van der Waals surface area contributed by atoms with E-state index < -0.39 is 17.1 Å². The lowest BCUT2D eigenvalue weighted by Gasteiger charge is -2.17. The Kier molecular flexibility index (Phi) is 2.21. The van der Waals surface area contributed by atoms with E-state index in [1.807, 2.05) is 18.2 Å². The van der Waals surface area contributed by atoms with Crippen LogP contribution in [-0.4, -0.2) is 21.5 Å². The van der Waals surface area contributed by atoms with Gasteiger partial charge in [0.25, 0.3) is 0 Å². The smallest absolute Gasteiger partial charge is 0.202 e. The van der Waals surface area contributed by atoms with E-state index in [1.54, 1.807) is 30.3 Å². The fourth-order valence-electron chi connectivity index (χ4n) is 2.76.